The van der Waals surface area contributed by atoms with Crippen molar-refractivity contribution in [2.24, 2.45) is 11.7 Å². The molecule has 16 heavy (non-hydrogen) atoms. The van der Waals surface area contributed by atoms with Crippen LogP contribution >= 0.6 is 0 Å². The van der Waals surface area contributed by atoms with Crippen LogP contribution in [0.15, 0.2) is 18.2 Å². The molecule has 0 aromatic heterocycles. The molecule has 88 valence electrons. The Kier molecular flexibility index (Phi) is 3.39. The zero-order valence-corrected chi connectivity index (χ0v) is 9.05. The molecule has 1 aliphatic carbocycles. The normalized spacial score (nSPS) is 24.7. The van der Waals surface area contributed by atoms with Gasteiger partial charge >= 0.3 is 0 Å². The highest BCUT2D eigenvalue weighted by molar-refractivity contribution is 5.47. The molecule has 0 radical (unpaired) electrons. The van der Waals surface area contributed by atoms with Crippen LogP contribution in [0.25, 0.3) is 0 Å². The van der Waals surface area contributed by atoms with Crippen molar-refractivity contribution in [3.63, 3.8) is 0 Å². The Morgan fingerprint density at radius 1 is 1.25 bits per heavy atom. The Balaban J connectivity index is 2.14. The van der Waals surface area contributed by atoms with E-state index in [1.165, 1.54) is 18.2 Å². The van der Waals surface area contributed by atoms with Gasteiger partial charge in [0.1, 0.15) is 17.3 Å². The number of hydrogen-bond donors (Lipinski definition) is 2. The molecule has 2 nitrogen and oxygen atoms in total. The van der Waals surface area contributed by atoms with E-state index >= 15 is 0 Å². The SMILES string of the molecule is NCC1CCCC1Nc1c(F)cccc1F. The van der Waals surface area contributed by atoms with Crippen molar-refractivity contribution in [3.05, 3.63) is 29.8 Å². The minimum atomic E-state index is -0.539. The Morgan fingerprint density at radius 3 is 2.56 bits per heavy atom. The van der Waals surface area contributed by atoms with E-state index < -0.39 is 11.6 Å². The lowest BCUT2D eigenvalue weighted by atomic mass is 10.0. The first-order valence-electron chi connectivity index (χ1n) is 5.63. The minimum Gasteiger partial charge on any atom is -0.377 e. The second-order valence-electron chi connectivity index (χ2n) is 4.27. The first-order chi connectivity index (χ1) is 7.72. The average Bonchev–Trinajstić information content (AvgIpc) is 2.71. The third kappa shape index (κ3) is 2.16. The van der Waals surface area contributed by atoms with Crippen LogP contribution in [0.1, 0.15) is 19.3 Å². The van der Waals surface area contributed by atoms with Crippen molar-refractivity contribution in [1.82, 2.24) is 0 Å². The van der Waals surface area contributed by atoms with E-state index in [0.717, 1.165) is 19.3 Å². The van der Waals surface area contributed by atoms with Crippen LogP contribution in [0, 0.1) is 17.6 Å². The summed E-state index contributed by atoms with van der Waals surface area (Å²) >= 11 is 0. The lowest BCUT2D eigenvalue weighted by molar-refractivity contribution is 0.507. The van der Waals surface area contributed by atoms with Gasteiger partial charge in [0.25, 0.3) is 0 Å². The van der Waals surface area contributed by atoms with Crippen molar-refractivity contribution >= 4 is 5.69 Å². The largest absolute Gasteiger partial charge is 0.377 e. The molecule has 0 aliphatic heterocycles. The van der Waals surface area contributed by atoms with Crippen molar-refractivity contribution in [2.75, 3.05) is 11.9 Å². The van der Waals surface area contributed by atoms with Crippen LogP contribution in [0.4, 0.5) is 14.5 Å². The molecule has 2 rings (SSSR count). The molecular weight excluding hydrogens is 210 g/mol. The summed E-state index contributed by atoms with van der Waals surface area (Å²) in [5, 5.41) is 2.95. The van der Waals surface area contributed by atoms with E-state index in [4.69, 9.17) is 5.73 Å². The van der Waals surface area contributed by atoms with Crippen molar-refractivity contribution in [2.45, 2.75) is 25.3 Å². The highest BCUT2D eigenvalue weighted by Crippen LogP contribution is 2.29. The van der Waals surface area contributed by atoms with Gasteiger partial charge in [0.2, 0.25) is 0 Å². The summed E-state index contributed by atoms with van der Waals surface area (Å²) in [5.41, 5.74) is 5.61. The summed E-state index contributed by atoms with van der Waals surface area (Å²) in [6, 6.07) is 3.98. The maximum atomic E-state index is 13.4. The van der Waals surface area contributed by atoms with E-state index in [1.54, 1.807) is 0 Å². The van der Waals surface area contributed by atoms with Crippen LogP contribution in [0.5, 0.6) is 0 Å². The molecule has 0 saturated heterocycles. The molecule has 4 heteroatoms. The highest BCUT2D eigenvalue weighted by Gasteiger charge is 2.27. The number of hydrogen-bond acceptors (Lipinski definition) is 2. The first-order valence-corrected chi connectivity index (χ1v) is 5.63. The van der Waals surface area contributed by atoms with Crippen LogP contribution in [-0.4, -0.2) is 12.6 Å². The van der Waals surface area contributed by atoms with Crippen LogP contribution in [0.2, 0.25) is 0 Å². The number of para-hydroxylation sites is 1. The number of rotatable bonds is 3. The molecule has 2 atom stereocenters. The molecule has 1 aliphatic rings. The van der Waals surface area contributed by atoms with Gasteiger partial charge in [-0.2, -0.15) is 0 Å². The van der Waals surface area contributed by atoms with Gasteiger partial charge in [0.15, 0.2) is 0 Å². The van der Waals surface area contributed by atoms with Crippen molar-refractivity contribution in [3.8, 4) is 0 Å². The fraction of sp³-hybridized carbons (Fsp3) is 0.500. The van der Waals surface area contributed by atoms with Gasteiger partial charge < -0.3 is 11.1 Å². The van der Waals surface area contributed by atoms with Crippen molar-refractivity contribution in [1.29, 1.82) is 0 Å². The molecule has 2 unspecified atom stereocenters. The Bertz CT molecular complexity index is 348. The van der Waals surface area contributed by atoms with Gasteiger partial charge in [0, 0.05) is 6.04 Å². The second kappa shape index (κ2) is 4.78. The topological polar surface area (TPSA) is 38.0 Å². The summed E-state index contributed by atoms with van der Waals surface area (Å²) in [4.78, 5) is 0. The van der Waals surface area contributed by atoms with Gasteiger partial charge in [-0.15, -0.1) is 0 Å². The fourth-order valence-corrected chi connectivity index (χ4v) is 2.33. The van der Waals surface area contributed by atoms with E-state index in [0.29, 0.717) is 12.5 Å². The average molecular weight is 226 g/mol. The molecule has 1 aromatic carbocycles. The summed E-state index contributed by atoms with van der Waals surface area (Å²) in [5.74, 6) is -0.760. The molecular formula is C12H16F2N2. The number of nitrogens with two attached hydrogens (primary N) is 1. The summed E-state index contributed by atoms with van der Waals surface area (Å²) in [7, 11) is 0. The molecule has 0 amide bonds. The Morgan fingerprint density at radius 2 is 1.94 bits per heavy atom. The maximum absolute atomic E-state index is 13.4. The van der Waals surface area contributed by atoms with Crippen LogP contribution in [0.3, 0.4) is 0 Å². The fourth-order valence-electron chi connectivity index (χ4n) is 2.33. The van der Waals surface area contributed by atoms with Gasteiger partial charge in [0.05, 0.1) is 0 Å². The van der Waals surface area contributed by atoms with Crippen LogP contribution < -0.4 is 11.1 Å². The van der Waals surface area contributed by atoms with Gasteiger partial charge in [-0.05, 0) is 37.4 Å². The predicted molar refractivity (Wildman–Crippen MR) is 60.2 cm³/mol. The predicted octanol–water partition coefficient (Wildman–Crippen LogP) is 2.50. The summed E-state index contributed by atoms with van der Waals surface area (Å²) < 4.78 is 26.8. The molecule has 1 fully saturated rings. The first kappa shape index (κ1) is 11.3. The zero-order valence-electron chi connectivity index (χ0n) is 9.05. The zero-order chi connectivity index (χ0) is 11.5. The van der Waals surface area contributed by atoms with Gasteiger partial charge in [-0.25, -0.2) is 8.78 Å². The summed E-state index contributed by atoms with van der Waals surface area (Å²) in [6.07, 6.45) is 3.02. The van der Waals surface area contributed by atoms with E-state index in [9.17, 15) is 8.78 Å². The Labute approximate surface area is 93.8 Å². The number of benzene rings is 1. The lowest BCUT2D eigenvalue weighted by Gasteiger charge is -2.21. The number of nitrogens with one attached hydrogen (secondary N) is 1. The molecule has 0 heterocycles. The highest BCUT2D eigenvalue weighted by atomic mass is 19.1. The van der Waals surface area contributed by atoms with Gasteiger partial charge in [-0.3, -0.25) is 0 Å². The van der Waals surface area contributed by atoms with E-state index in [1.807, 2.05) is 0 Å². The third-order valence-corrected chi connectivity index (χ3v) is 3.25. The minimum absolute atomic E-state index is 0.0205. The van der Waals surface area contributed by atoms with Gasteiger partial charge in [-0.1, -0.05) is 12.5 Å². The maximum Gasteiger partial charge on any atom is 0.149 e. The number of anilines is 1. The standard InChI is InChI=1S/C12H16F2N2/c13-9-4-2-5-10(14)12(9)16-11-6-1-3-8(11)7-15/h2,4-5,8,11,16H,1,3,6-7,15H2. The smallest absolute Gasteiger partial charge is 0.149 e. The summed E-state index contributed by atoms with van der Waals surface area (Å²) in [6.45, 7) is 0.563. The Hall–Kier alpha value is -1.16. The molecule has 0 spiro atoms. The van der Waals surface area contributed by atoms with E-state index in [-0.39, 0.29) is 11.7 Å². The molecule has 1 aromatic rings. The lowest BCUT2D eigenvalue weighted by Crippen LogP contribution is -2.30. The van der Waals surface area contributed by atoms with Crippen molar-refractivity contribution < 1.29 is 8.78 Å². The monoisotopic (exact) mass is 226 g/mol. The second-order valence-corrected chi connectivity index (χ2v) is 4.27. The quantitative estimate of drug-likeness (QED) is 0.831. The molecule has 1 saturated carbocycles. The number of halogens is 2. The molecule has 0 bridgehead atoms. The van der Waals surface area contributed by atoms with E-state index in [2.05, 4.69) is 5.32 Å². The molecule has 3 N–H and O–H groups in total. The third-order valence-electron chi connectivity index (χ3n) is 3.25. The van der Waals surface area contributed by atoms with Crippen LogP contribution in [-0.2, 0) is 0 Å².